The highest BCUT2D eigenvalue weighted by atomic mass is 16.3. The van der Waals surface area contributed by atoms with Crippen LogP contribution >= 0.6 is 0 Å². The Balaban J connectivity index is 3.00. The number of hydrogen-bond acceptors (Lipinski definition) is 5. The number of aromatic nitrogens is 2. The molecular formula is C12H22N4O. The second kappa shape index (κ2) is 5.31. The largest absolute Gasteiger partial charge is 0.389 e. The fourth-order valence-corrected chi connectivity index (χ4v) is 1.89. The summed E-state index contributed by atoms with van der Waals surface area (Å²) in [7, 11) is 1.90. The van der Waals surface area contributed by atoms with Gasteiger partial charge in [-0.25, -0.2) is 9.97 Å². The highest BCUT2D eigenvalue weighted by molar-refractivity contribution is 5.56. The maximum atomic E-state index is 9.82. The minimum absolute atomic E-state index is 0.500. The summed E-state index contributed by atoms with van der Waals surface area (Å²) in [5, 5.41) is 9.82. The van der Waals surface area contributed by atoms with Crippen LogP contribution in [0.3, 0.4) is 0 Å². The molecule has 0 aliphatic rings. The Bertz CT molecular complexity index is 373. The molecule has 0 amide bonds. The molecule has 1 rings (SSSR count). The van der Waals surface area contributed by atoms with Crippen molar-refractivity contribution in [1.82, 2.24) is 9.97 Å². The number of hydrogen-bond donors (Lipinski definition) is 2. The average molecular weight is 238 g/mol. The van der Waals surface area contributed by atoms with Crippen LogP contribution in [0.5, 0.6) is 0 Å². The first kappa shape index (κ1) is 13.7. The number of aliphatic hydroxyl groups is 1. The molecule has 96 valence electrons. The lowest BCUT2D eigenvalue weighted by molar-refractivity contribution is 0.0884. The average Bonchev–Trinajstić information content (AvgIpc) is 2.18. The molecule has 0 aliphatic heterocycles. The molecule has 1 aromatic rings. The number of rotatable bonds is 5. The summed E-state index contributed by atoms with van der Waals surface area (Å²) in [4.78, 5) is 10.2. The van der Waals surface area contributed by atoms with Gasteiger partial charge >= 0.3 is 0 Å². The molecule has 0 atom stereocenters. The van der Waals surface area contributed by atoms with Crippen molar-refractivity contribution in [3.05, 3.63) is 11.9 Å². The summed E-state index contributed by atoms with van der Waals surface area (Å²) in [6.45, 7) is 6.13. The molecule has 0 bridgehead atoms. The Morgan fingerprint density at radius 2 is 2.06 bits per heavy atom. The molecule has 5 nitrogen and oxygen atoms in total. The molecule has 1 aromatic heterocycles. The summed E-state index contributed by atoms with van der Waals surface area (Å²) in [6.07, 6.45) is 3.30. The van der Waals surface area contributed by atoms with E-state index < -0.39 is 5.60 Å². The highest BCUT2D eigenvalue weighted by Gasteiger charge is 2.19. The molecule has 0 fully saturated rings. The lowest BCUT2D eigenvalue weighted by Crippen LogP contribution is -2.37. The summed E-state index contributed by atoms with van der Waals surface area (Å²) in [5.41, 5.74) is 6.06. The van der Waals surface area contributed by atoms with E-state index in [-0.39, 0.29) is 0 Å². The van der Waals surface area contributed by atoms with Gasteiger partial charge in [0.1, 0.15) is 18.0 Å². The Kier molecular flexibility index (Phi) is 4.28. The van der Waals surface area contributed by atoms with Gasteiger partial charge in [-0.1, -0.05) is 13.3 Å². The van der Waals surface area contributed by atoms with Crippen molar-refractivity contribution in [1.29, 1.82) is 0 Å². The zero-order valence-electron chi connectivity index (χ0n) is 11.1. The van der Waals surface area contributed by atoms with E-state index in [4.69, 9.17) is 5.73 Å². The molecule has 17 heavy (non-hydrogen) atoms. The van der Waals surface area contributed by atoms with Crippen molar-refractivity contribution in [3.8, 4) is 0 Å². The first-order valence-corrected chi connectivity index (χ1v) is 5.88. The molecular weight excluding hydrogens is 216 g/mol. The van der Waals surface area contributed by atoms with Gasteiger partial charge in [-0.05, 0) is 20.3 Å². The van der Waals surface area contributed by atoms with Crippen molar-refractivity contribution in [2.24, 2.45) is 0 Å². The van der Waals surface area contributed by atoms with Crippen molar-refractivity contribution in [3.63, 3.8) is 0 Å². The predicted molar refractivity (Wildman–Crippen MR) is 70.0 cm³/mol. The number of nitrogen functional groups attached to an aromatic ring is 1. The SMILES string of the molecule is CCCc1c(N)ncnc1N(C)CC(C)(C)O. The fourth-order valence-electron chi connectivity index (χ4n) is 1.89. The van der Waals surface area contributed by atoms with Gasteiger partial charge in [0.15, 0.2) is 0 Å². The van der Waals surface area contributed by atoms with Gasteiger partial charge in [0.25, 0.3) is 0 Å². The number of nitrogens with zero attached hydrogens (tertiary/aromatic N) is 3. The van der Waals surface area contributed by atoms with Gasteiger partial charge < -0.3 is 15.7 Å². The van der Waals surface area contributed by atoms with Crippen LogP contribution in [0.4, 0.5) is 11.6 Å². The minimum Gasteiger partial charge on any atom is -0.389 e. The zero-order valence-corrected chi connectivity index (χ0v) is 11.1. The Morgan fingerprint density at radius 1 is 1.41 bits per heavy atom. The second-order valence-corrected chi connectivity index (χ2v) is 4.98. The fraction of sp³-hybridized carbons (Fsp3) is 0.667. The lowest BCUT2D eigenvalue weighted by atomic mass is 10.1. The van der Waals surface area contributed by atoms with Gasteiger partial charge in [0.2, 0.25) is 0 Å². The third-order valence-corrected chi connectivity index (χ3v) is 2.44. The quantitative estimate of drug-likeness (QED) is 0.806. The summed E-state index contributed by atoms with van der Waals surface area (Å²) >= 11 is 0. The summed E-state index contributed by atoms with van der Waals surface area (Å²) < 4.78 is 0. The Hall–Kier alpha value is -1.36. The Morgan fingerprint density at radius 3 is 2.59 bits per heavy atom. The van der Waals surface area contributed by atoms with Crippen LogP contribution < -0.4 is 10.6 Å². The van der Waals surface area contributed by atoms with Crippen LogP contribution in [0.25, 0.3) is 0 Å². The molecule has 5 heteroatoms. The van der Waals surface area contributed by atoms with Gasteiger partial charge in [0.05, 0.1) is 5.60 Å². The van der Waals surface area contributed by atoms with E-state index in [9.17, 15) is 5.11 Å². The van der Waals surface area contributed by atoms with Crippen LogP contribution in [0.2, 0.25) is 0 Å². The van der Waals surface area contributed by atoms with E-state index in [0.717, 1.165) is 24.2 Å². The highest BCUT2D eigenvalue weighted by Crippen LogP contribution is 2.23. The van der Waals surface area contributed by atoms with Gasteiger partial charge in [0, 0.05) is 19.2 Å². The zero-order chi connectivity index (χ0) is 13.1. The number of anilines is 2. The molecule has 1 heterocycles. The minimum atomic E-state index is -0.766. The first-order valence-electron chi connectivity index (χ1n) is 5.88. The third-order valence-electron chi connectivity index (χ3n) is 2.44. The lowest BCUT2D eigenvalue weighted by Gasteiger charge is -2.28. The van der Waals surface area contributed by atoms with Gasteiger partial charge in [-0.2, -0.15) is 0 Å². The topological polar surface area (TPSA) is 75.3 Å². The van der Waals surface area contributed by atoms with Crippen LogP contribution in [0, 0.1) is 0 Å². The second-order valence-electron chi connectivity index (χ2n) is 4.98. The summed E-state index contributed by atoms with van der Waals surface area (Å²) in [5.74, 6) is 1.33. The number of likely N-dealkylation sites (N-methyl/N-ethyl adjacent to an activating group) is 1. The van der Waals surface area contributed by atoms with Crippen molar-refractivity contribution < 1.29 is 5.11 Å². The van der Waals surface area contributed by atoms with Crippen LogP contribution in [-0.4, -0.2) is 34.3 Å². The van der Waals surface area contributed by atoms with Crippen molar-refractivity contribution in [2.75, 3.05) is 24.2 Å². The maximum Gasteiger partial charge on any atom is 0.137 e. The van der Waals surface area contributed by atoms with E-state index in [0.29, 0.717) is 12.4 Å². The predicted octanol–water partition coefficient (Wildman–Crippen LogP) is 1.22. The van der Waals surface area contributed by atoms with Crippen LogP contribution in [0.15, 0.2) is 6.33 Å². The molecule has 0 saturated carbocycles. The van der Waals surface area contributed by atoms with Crippen molar-refractivity contribution >= 4 is 11.6 Å². The van der Waals surface area contributed by atoms with E-state index in [1.54, 1.807) is 13.8 Å². The third kappa shape index (κ3) is 3.85. The van der Waals surface area contributed by atoms with Gasteiger partial charge in [-0.15, -0.1) is 0 Å². The number of nitrogens with two attached hydrogens (primary N) is 1. The standard InChI is InChI=1S/C12H22N4O/c1-5-6-9-10(13)14-8-15-11(9)16(4)7-12(2,3)17/h8,17H,5-7H2,1-4H3,(H2,13,14,15). The molecule has 3 N–H and O–H groups in total. The maximum absolute atomic E-state index is 9.82. The monoisotopic (exact) mass is 238 g/mol. The van der Waals surface area contributed by atoms with Crippen LogP contribution in [-0.2, 0) is 6.42 Å². The summed E-state index contributed by atoms with van der Waals surface area (Å²) in [6, 6.07) is 0. The van der Waals surface area contributed by atoms with E-state index >= 15 is 0 Å². The van der Waals surface area contributed by atoms with E-state index in [1.807, 2.05) is 11.9 Å². The van der Waals surface area contributed by atoms with E-state index in [1.165, 1.54) is 6.33 Å². The molecule has 0 unspecified atom stereocenters. The Labute approximate surface area is 103 Å². The molecule has 0 radical (unpaired) electrons. The van der Waals surface area contributed by atoms with Gasteiger partial charge in [-0.3, -0.25) is 0 Å². The molecule has 0 aliphatic carbocycles. The normalized spacial score (nSPS) is 11.6. The van der Waals surface area contributed by atoms with Crippen molar-refractivity contribution in [2.45, 2.75) is 39.2 Å². The van der Waals surface area contributed by atoms with E-state index in [2.05, 4.69) is 16.9 Å². The molecule has 0 aromatic carbocycles. The first-order chi connectivity index (χ1) is 7.85. The molecule has 0 saturated heterocycles. The molecule has 0 spiro atoms. The smallest absolute Gasteiger partial charge is 0.137 e. The van der Waals surface area contributed by atoms with Crippen LogP contribution in [0.1, 0.15) is 32.8 Å².